The van der Waals surface area contributed by atoms with Crippen LogP contribution in [-0.2, 0) is 13.6 Å². The van der Waals surface area contributed by atoms with Gasteiger partial charge in [0.15, 0.2) is 0 Å². The van der Waals surface area contributed by atoms with Crippen LogP contribution in [-0.4, -0.2) is 34.2 Å². The first-order valence-corrected chi connectivity index (χ1v) is 4.48. The highest BCUT2D eigenvalue weighted by atomic mass is 35.5. The Balaban J connectivity index is 2.41. The molecule has 0 aliphatic heterocycles. The van der Waals surface area contributed by atoms with E-state index in [-0.39, 0.29) is 0 Å². The number of rotatable bonds is 4. The Morgan fingerprint density at radius 1 is 1.67 bits per heavy atom. The third-order valence-electron chi connectivity index (χ3n) is 1.68. The minimum absolute atomic E-state index is 0.677. The van der Waals surface area contributed by atoms with Crippen molar-refractivity contribution in [1.29, 1.82) is 0 Å². The normalized spacial score (nSPS) is 11.0. The zero-order valence-electron chi connectivity index (χ0n) is 7.50. The first kappa shape index (κ1) is 9.55. The number of nitrogens with zero attached hydrogens (tertiary/aromatic N) is 3. The van der Waals surface area contributed by atoms with E-state index in [0.717, 1.165) is 13.1 Å². The van der Waals surface area contributed by atoms with Crippen molar-refractivity contribution in [3.8, 4) is 0 Å². The number of alkyl halides is 1. The van der Waals surface area contributed by atoms with E-state index in [1.165, 1.54) is 5.56 Å². The average Bonchev–Trinajstić information content (AvgIpc) is 2.36. The molecule has 0 unspecified atom stereocenters. The van der Waals surface area contributed by atoms with Crippen LogP contribution in [0.4, 0.5) is 0 Å². The van der Waals surface area contributed by atoms with Crippen molar-refractivity contribution in [2.24, 2.45) is 7.05 Å². The molecule has 1 aromatic rings. The lowest BCUT2D eigenvalue weighted by atomic mass is 10.3. The quantitative estimate of drug-likeness (QED) is 0.659. The largest absolute Gasteiger partial charge is 0.301 e. The second-order valence-electron chi connectivity index (χ2n) is 2.95. The highest BCUT2D eigenvalue weighted by molar-refractivity contribution is 6.18. The maximum atomic E-state index is 5.61. The average molecular weight is 188 g/mol. The molecule has 0 bridgehead atoms. The van der Waals surface area contributed by atoms with Gasteiger partial charge in [-0.25, -0.2) is 0 Å². The van der Waals surface area contributed by atoms with Crippen molar-refractivity contribution in [2.75, 3.05) is 19.5 Å². The summed E-state index contributed by atoms with van der Waals surface area (Å²) in [5.41, 5.74) is 1.23. The number of hydrogen-bond donors (Lipinski definition) is 0. The van der Waals surface area contributed by atoms with Gasteiger partial charge in [0.05, 0.1) is 6.20 Å². The molecule has 0 atom stereocenters. The van der Waals surface area contributed by atoms with Crippen molar-refractivity contribution in [3.05, 3.63) is 18.0 Å². The Hall–Kier alpha value is -0.540. The van der Waals surface area contributed by atoms with Gasteiger partial charge in [0.25, 0.3) is 0 Å². The molecule has 1 aromatic heterocycles. The van der Waals surface area contributed by atoms with Gasteiger partial charge in [-0.1, -0.05) is 0 Å². The Labute approximate surface area is 77.9 Å². The summed E-state index contributed by atoms with van der Waals surface area (Å²) in [4.78, 5) is 2.17. The first-order valence-electron chi connectivity index (χ1n) is 3.94. The van der Waals surface area contributed by atoms with Crippen molar-refractivity contribution in [1.82, 2.24) is 14.7 Å². The maximum Gasteiger partial charge on any atom is 0.0534 e. The molecule has 0 fully saturated rings. The minimum atomic E-state index is 0.677. The van der Waals surface area contributed by atoms with E-state index < -0.39 is 0 Å². The third-order valence-corrected chi connectivity index (χ3v) is 1.85. The number of aryl methyl sites for hydroxylation is 1. The summed E-state index contributed by atoms with van der Waals surface area (Å²) >= 11 is 5.61. The second-order valence-corrected chi connectivity index (χ2v) is 3.33. The van der Waals surface area contributed by atoms with Crippen LogP contribution in [0.3, 0.4) is 0 Å². The van der Waals surface area contributed by atoms with Crippen LogP contribution in [0.1, 0.15) is 5.56 Å². The smallest absolute Gasteiger partial charge is 0.0534 e. The molecule has 0 amide bonds. The van der Waals surface area contributed by atoms with Crippen molar-refractivity contribution >= 4 is 11.6 Å². The van der Waals surface area contributed by atoms with Gasteiger partial charge in [0.2, 0.25) is 0 Å². The molecule has 0 aliphatic rings. The minimum Gasteiger partial charge on any atom is -0.301 e. The SMILES string of the molecule is CN(CCCl)Cc1cnn(C)c1. The molecule has 0 aliphatic carbocycles. The summed E-state index contributed by atoms with van der Waals surface area (Å²) in [6, 6.07) is 0. The fraction of sp³-hybridized carbons (Fsp3) is 0.625. The summed E-state index contributed by atoms with van der Waals surface area (Å²) < 4.78 is 1.81. The second kappa shape index (κ2) is 4.48. The zero-order chi connectivity index (χ0) is 8.97. The topological polar surface area (TPSA) is 21.1 Å². The summed E-state index contributed by atoms with van der Waals surface area (Å²) in [5.74, 6) is 0.677. The van der Waals surface area contributed by atoms with E-state index in [2.05, 4.69) is 17.0 Å². The highest BCUT2D eigenvalue weighted by Crippen LogP contribution is 2.00. The molecule has 12 heavy (non-hydrogen) atoms. The summed E-state index contributed by atoms with van der Waals surface area (Å²) in [6.45, 7) is 1.83. The van der Waals surface area contributed by atoms with Crippen LogP contribution < -0.4 is 0 Å². The monoisotopic (exact) mass is 187 g/mol. The van der Waals surface area contributed by atoms with E-state index in [4.69, 9.17) is 11.6 Å². The fourth-order valence-corrected chi connectivity index (χ4v) is 1.38. The Bertz CT molecular complexity index is 234. The molecule has 0 N–H and O–H groups in total. The molecule has 4 heteroatoms. The van der Waals surface area contributed by atoms with Gasteiger partial charge in [-0.2, -0.15) is 5.10 Å². The van der Waals surface area contributed by atoms with Crippen LogP contribution in [0, 0.1) is 0 Å². The van der Waals surface area contributed by atoms with Gasteiger partial charge in [0.1, 0.15) is 0 Å². The summed E-state index contributed by atoms with van der Waals surface area (Å²) in [6.07, 6.45) is 3.90. The first-order chi connectivity index (χ1) is 5.72. The molecule has 0 radical (unpaired) electrons. The Morgan fingerprint density at radius 2 is 2.42 bits per heavy atom. The van der Waals surface area contributed by atoms with Crippen LogP contribution in [0.5, 0.6) is 0 Å². The van der Waals surface area contributed by atoms with E-state index in [1.54, 1.807) is 0 Å². The van der Waals surface area contributed by atoms with Gasteiger partial charge in [0, 0.05) is 37.8 Å². The maximum absolute atomic E-state index is 5.61. The van der Waals surface area contributed by atoms with E-state index in [1.807, 2.05) is 24.1 Å². The van der Waals surface area contributed by atoms with E-state index in [0.29, 0.717) is 5.88 Å². The van der Waals surface area contributed by atoms with Gasteiger partial charge < -0.3 is 4.90 Å². The van der Waals surface area contributed by atoms with Crippen molar-refractivity contribution in [2.45, 2.75) is 6.54 Å². The number of halogens is 1. The van der Waals surface area contributed by atoms with Crippen LogP contribution >= 0.6 is 11.6 Å². The lowest BCUT2D eigenvalue weighted by Crippen LogP contribution is -2.19. The zero-order valence-corrected chi connectivity index (χ0v) is 8.25. The van der Waals surface area contributed by atoms with Gasteiger partial charge in [-0.3, -0.25) is 4.68 Å². The summed E-state index contributed by atoms with van der Waals surface area (Å²) in [5, 5.41) is 4.09. The Morgan fingerprint density at radius 3 is 2.92 bits per heavy atom. The fourth-order valence-electron chi connectivity index (χ4n) is 1.09. The molecule has 0 spiro atoms. The molecule has 0 saturated heterocycles. The number of aromatic nitrogens is 2. The molecule has 0 saturated carbocycles. The molecule has 0 aromatic carbocycles. The van der Waals surface area contributed by atoms with Crippen molar-refractivity contribution in [3.63, 3.8) is 0 Å². The molecule has 68 valence electrons. The molecule has 1 rings (SSSR count). The van der Waals surface area contributed by atoms with Crippen molar-refractivity contribution < 1.29 is 0 Å². The molecular weight excluding hydrogens is 174 g/mol. The standard InChI is InChI=1S/C8H14ClN3/c1-11(4-3-9)6-8-5-10-12(2)7-8/h5,7H,3-4,6H2,1-2H3. The lowest BCUT2D eigenvalue weighted by Gasteiger charge is -2.12. The molecule has 1 heterocycles. The lowest BCUT2D eigenvalue weighted by molar-refractivity contribution is 0.347. The van der Waals surface area contributed by atoms with E-state index >= 15 is 0 Å². The number of hydrogen-bond acceptors (Lipinski definition) is 2. The van der Waals surface area contributed by atoms with E-state index in [9.17, 15) is 0 Å². The van der Waals surface area contributed by atoms with Gasteiger partial charge in [-0.05, 0) is 7.05 Å². The molecule has 3 nitrogen and oxygen atoms in total. The molecular formula is C8H14ClN3. The van der Waals surface area contributed by atoms with Gasteiger partial charge >= 0.3 is 0 Å². The highest BCUT2D eigenvalue weighted by Gasteiger charge is 2.00. The van der Waals surface area contributed by atoms with Crippen LogP contribution in [0.15, 0.2) is 12.4 Å². The predicted octanol–water partition coefficient (Wildman–Crippen LogP) is 1.09. The predicted molar refractivity (Wildman–Crippen MR) is 50.3 cm³/mol. The summed E-state index contributed by atoms with van der Waals surface area (Å²) in [7, 11) is 3.97. The van der Waals surface area contributed by atoms with Crippen LogP contribution in [0.25, 0.3) is 0 Å². The Kier molecular flexibility index (Phi) is 3.56. The third kappa shape index (κ3) is 2.83. The van der Waals surface area contributed by atoms with Crippen LogP contribution in [0.2, 0.25) is 0 Å². The van der Waals surface area contributed by atoms with Gasteiger partial charge in [-0.15, -0.1) is 11.6 Å².